The van der Waals surface area contributed by atoms with Crippen LogP contribution in [0, 0.1) is 0 Å². The van der Waals surface area contributed by atoms with Gasteiger partial charge in [0.15, 0.2) is 0 Å². The number of hydrogen-bond acceptors (Lipinski definition) is 4. The van der Waals surface area contributed by atoms with Gasteiger partial charge in [-0.15, -0.1) is 11.8 Å². The maximum absolute atomic E-state index is 11.0. The number of rotatable bonds is 8. The van der Waals surface area contributed by atoms with Crippen molar-refractivity contribution in [2.75, 3.05) is 5.75 Å². The second kappa shape index (κ2) is 8.18. The molecule has 0 aliphatic rings. The second-order valence-electron chi connectivity index (χ2n) is 5.94. The van der Waals surface area contributed by atoms with Crippen molar-refractivity contribution >= 4 is 28.4 Å². The lowest BCUT2D eigenvalue weighted by atomic mass is 10.1. The zero-order valence-corrected chi connectivity index (χ0v) is 14.7. The molecule has 0 saturated heterocycles. The monoisotopic (exact) mass is 355 g/mol. The summed E-state index contributed by atoms with van der Waals surface area (Å²) in [6, 6.07) is 14.7. The molecule has 130 valence electrons. The van der Waals surface area contributed by atoms with Gasteiger partial charge in [0.2, 0.25) is 0 Å². The average molecular weight is 355 g/mol. The summed E-state index contributed by atoms with van der Waals surface area (Å²) >= 11 is 1.81. The first-order valence-corrected chi connectivity index (χ1v) is 9.22. The Morgan fingerprint density at radius 3 is 2.84 bits per heavy atom. The summed E-state index contributed by atoms with van der Waals surface area (Å²) in [4.78, 5) is 16.2. The van der Waals surface area contributed by atoms with Crippen molar-refractivity contribution in [3.05, 3.63) is 60.7 Å². The number of aromatic nitrogens is 2. The highest BCUT2D eigenvalue weighted by Gasteiger charge is 2.09. The van der Waals surface area contributed by atoms with Gasteiger partial charge in [0.05, 0.1) is 12.4 Å². The van der Waals surface area contributed by atoms with E-state index in [1.54, 1.807) is 10.8 Å². The van der Waals surface area contributed by atoms with Gasteiger partial charge in [-0.3, -0.25) is 4.79 Å². The van der Waals surface area contributed by atoms with Crippen LogP contribution >= 0.6 is 11.8 Å². The van der Waals surface area contributed by atoms with Crippen LogP contribution in [0.2, 0.25) is 0 Å². The first kappa shape index (κ1) is 17.5. The number of imidazole rings is 1. The van der Waals surface area contributed by atoms with E-state index < -0.39 is 12.0 Å². The lowest BCUT2D eigenvalue weighted by Gasteiger charge is -2.11. The number of nitrogens with zero attached hydrogens (tertiary/aromatic N) is 2. The van der Waals surface area contributed by atoms with E-state index in [2.05, 4.69) is 41.4 Å². The molecule has 0 spiro atoms. The summed E-state index contributed by atoms with van der Waals surface area (Å²) in [5.41, 5.74) is 5.39. The lowest BCUT2D eigenvalue weighted by molar-refractivity contribution is 0.0995. The van der Waals surface area contributed by atoms with Gasteiger partial charge in [0.25, 0.3) is 5.91 Å². The van der Waals surface area contributed by atoms with E-state index in [1.807, 2.05) is 17.8 Å². The molecule has 0 unspecified atom stereocenters. The minimum absolute atomic E-state index is 0.221. The van der Waals surface area contributed by atoms with Crippen LogP contribution in [0.15, 0.2) is 59.9 Å². The fraction of sp³-hybridized carbons (Fsp3) is 0.263. The summed E-state index contributed by atoms with van der Waals surface area (Å²) in [5, 5.41) is 12.7. The van der Waals surface area contributed by atoms with E-state index in [4.69, 9.17) is 5.73 Å². The van der Waals surface area contributed by atoms with Crippen LogP contribution in [0.5, 0.6) is 0 Å². The van der Waals surface area contributed by atoms with Crippen LogP contribution in [-0.2, 0) is 6.54 Å². The van der Waals surface area contributed by atoms with Gasteiger partial charge in [0.1, 0.15) is 5.69 Å². The molecule has 0 fully saturated rings. The number of aliphatic hydroxyl groups is 1. The van der Waals surface area contributed by atoms with E-state index in [-0.39, 0.29) is 5.69 Å². The summed E-state index contributed by atoms with van der Waals surface area (Å²) in [7, 11) is 0. The fourth-order valence-corrected chi connectivity index (χ4v) is 3.79. The number of carbonyl (C=O) groups is 1. The molecule has 25 heavy (non-hydrogen) atoms. The van der Waals surface area contributed by atoms with Crippen molar-refractivity contribution in [1.29, 1.82) is 0 Å². The highest BCUT2D eigenvalue weighted by atomic mass is 32.2. The normalized spacial score (nSPS) is 12.4. The largest absolute Gasteiger partial charge is 0.391 e. The molecule has 0 radical (unpaired) electrons. The molecule has 6 heteroatoms. The maximum Gasteiger partial charge on any atom is 0.268 e. The summed E-state index contributed by atoms with van der Waals surface area (Å²) in [6.45, 7) is 0.416. The van der Waals surface area contributed by atoms with Gasteiger partial charge in [-0.05, 0) is 35.4 Å². The molecule has 0 aliphatic heterocycles. The van der Waals surface area contributed by atoms with E-state index in [0.29, 0.717) is 13.0 Å². The molecule has 1 heterocycles. The molecule has 3 rings (SSSR count). The van der Waals surface area contributed by atoms with Crippen LogP contribution in [0.4, 0.5) is 0 Å². The van der Waals surface area contributed by atoms with E-state index in [1.165, 1.54) is 22.0 Å². The minimum atomic E-state index is -0.556. The lowest BCUT2D eigenvalue weighted by Crippen LogP contribution is -2.15. The molecule has 0 bridgehead atoms. The number of carbonyl (C=O) groups excluding carboxylic acids is 1. The molecule has 0 aliphatic carbocycles. The van der Waals surface area contributed by atoms with Gasteiger partial charge in [-0.25, -0.2) is 4.98 Å². The minimum Gasteiger partial charge on any atom is -0.391 e. The van der Waals surface area contributed by atoms with Gasteiger partial charge in [0, 0.05) is 17.6 Å². The number of amides is 1. The number of aliphatic hydroxyl groups excluding tert-OH is 1. The molecule has 1 amide bonds. The van der Waals surface area contributed by atoms with Crippen molar-refractivity contribution in [3.63, 3.8) is 0 Å². The van der Waals surface area contributed by atoms with Crippen molar-refractivity contribution in [3.8, 4) is 0 Å². The van der Waals surface area contributed by atoms with Crippen LogP contribution in [0.1, 0.15) is 23.3 Å². The van der Waals surface area contributed by atoms with Gasteiger partial charge >= 0.3 is 0 Å². The molecule has 0 saturated carbocycles. The Labute approximate surface area is 150 Å². The summed E-state index contributed by atoms with van der Waals surface area (Å²) < 4.78 is 1.70. The molecule has 3 N–H and O–H groups in total. The van der Waals surface area contributed by atoms with E-state index >= 15 is 0 Å². The first-order chi connectivity index (χ1) is 12.1. The molecule has 1 aromatic heterocycles. The van der Waals surface area contributed by atoms with E-state index in [0.717, 1.165) is 12.2 Å². The molecular formula is C19H21N3O2S. The Hall–Kier alpha value is -2.31. The van der Waals surface area contributed by atoms with Crippen LogP contribution in [0.25, 0.3) is 10.8 Å². The Kier molecular flexibility index (Phi) is 5.73. The van der Waals surface area contributed by atoms with Crippen molar-refractivity contribution in [2.24, 2.45) is 5.73 Å². The zero-order chi connectivity index (χ0) is 17.6. The topological polar surface area (TPSA) is 81.1 Å². The standard InChI is InChI=1S/C19H21N3O2S/c20-19(24)17-12-22(13-21-17)11-15(23)7-4-10-25-18-9-3-6-14-5-1-2-8-16(14)18/h1-3,5-6,8-9,12-13,15,23H,4,7,10-11H2,(H2,20,24)/t15-/m0/s1. The molecule has 2 aromatic carbocycles. The second-order valence-corrected chi connectivity index (χ2v) is 7.08. The number of primary amides is 1. The number of benzene rings is 2. The average Bonchev–Trinajstić information content (AvgIpc) is 3.07. The number of fused-ring (bicyclic) bond motifs is 1. The third-order valence-electron chi connectivity index (χ3n) is 4.00. The van der Waals surface area contributed by atoms with E-state index in [9.17, 15) is 9.90 Å². The highest BCUT2D eigenvalue weighted by Crippen LogP contribution is 2.28. The van der Waals surface area contributed by atoms with Crippen LogP contribution < -0.4 is 5.73 Å². The van der Waals surface area contributed by atoms with Crippen molar-refractivity contribution in [2.45, 2.75) is 30.4 Å². The van der Waals surface area contributed by atoms with Crippen LogP contribution in [0.3, 0.4) is 0 Å². The predicted octanol–water partition coefficient (Wildman–Crippen LogP) is 3.07. The third kappa shape index (κ3) is 4.61. The molecule has 5 nitrogen and oxygen atoms in total. The summed E-state index contributed by atoms with van der Waals surface area (Å²) in [6.07, 6.45) is 4.22. The first-order valence-electron chi connectivity index (χ1n) is 8.23. The molecular weight excluding hydrogens is 334 g/mol. The SMILES string of the molecule is NC(=O)c1cn(C[C@@H](O)CCCSc2cccc3ccccc23)cn1. The Morgan fingerprint density at radius 1 is 1.24 bits per heavy atom. The van der Waals surface area contributed by atoms with Crippen LogP contribution in [-0.4, -0.2) is 32.4 Å². The zero-order valence-electron chi connectivity index (χ0n) is 13.8. The van der Waals surface area contributed by atoms with Crippen molar-refractivity contribution < 1.29 is 9.90 Å². The Balaban J connectivity index is 1.46. The maximum atomic E-state index is 11.0. The highest BCUT2D eigenvalue weighted by molar-refractivity contribution is 7.99. The predicted molar refractivity (Wildman–Crippen MR) is 101 cm³/mol. The quantitative estimate of drug-likeness (QED) is 0.481. The third-order valence-corrected chi connectivity index (χ3v) is 5.16. The molecule has 1 atom stereocenters. The Morgan fingerprint density at radius 2 is 2.04 bits per heavy atom. The Bertz CT molecular complexity index is 857. The van der Waals surface area contributed by atoms with Gasteiger partial charge < -0.3 is 15.4 Å². The number of hydrogen-bond donors (Lipinski definition) is 2. The smallest absolute Gasteiger partial charge is 0.268 e. The van der Waals surface area contributed by atoms with Gasteiger partial charge in [-0.1, -0.05) is 36.4 Å². The number of nitrogens with two attached hydrogens (primary N) is 1. The summed E-state index contributed by atoms with van der Waals surface area (Å²) in [5.74, 6) is 0.390. The number of thioether (sulfide) groups is 1. The van der Waals surface area contributed by atoms with Crippen molar-refractivity contribution in [1.82, 2.24) is 9.55 Å². The van der Waals surface area contributed by atoms with Gasteiger partial charge in [-0.2, -0.15) is 0 Å². The fourth-order valence-electron chi connectivity index (χ4n) is 2.74. The molecule has 3 aromatic rings.